The van der Waals surface area contributed by atoms with Crippen LogP contribution in [0.5, 0.6) is 0 Å². The molecule has 0 spiro atoms. The lowest BCUT2D eigenvalue weighted by Crippen LogP contribution is -2.44. The highest BCUT2D eigenvalue weighted by molar-refractivity contribution is 6.40. The van der Waals surface area contributed by atoms with Crippen LogP contribution in [-0.2, 0) is 0 Å². The summed E-state index contributed by atoms with van der Waals surface area (Å²) in [6.07, 6.45) is 3.33. The number of nitrogens with one attached hydrogen (secondary N) is 1. The summed E-state index contributed by atoms with van der Waals surface area (Å²) in [4.78, 5) is 0. The molecule has 1 saturated heterocycles. The van der Waals surface area contributed by atoms with Gasteiger partial charge in [0.2, 0.25) is 0 Å². The first-order valence-corrected chi connectivity index (χ1v) is 5.02. The van der Waals surface area contributed by atoms with Crippen molar-refractivity contribution in [1.29, 1.82) is 0 Å². The van der Waals surface area contributed by atoms with Gasteiger partial charge in [-0.25, -0.2) is 0 Å². The quantitative estimate of drug-likeness (QED) is 0.432. The average Bonchev–Trinajstić information content (AvgIpc) is 2.08. The van der Waals surface area contributed by atoms with Gasteiger partial charge in [-0.3, -0.25) is 0 Å². The summed E-state index contributed by atoms with van der Waals surface area (Å²) in [6, 6.07) is 0.289. The second-order valence-corrected chi connectivity index (χ2v) is 3.83. The van der Waals surface area contributed by atoms with Crippen LogP contribution in [-0.4, -0.2) is 36.3 Å². The molecule has 5 heteroatoms. The second kappa shape index (κ2) is 5.60. The zero-order chi connectivity index (χ0) is 9.68. The van der Waals surface area contributed by atoms with Crippen molar-refractivity contribution in [2.45, 2.75) is 31.6 Å². The van der Waals surface area contributed by atoms with Gasteiger partial charge in [-0.15, -0.1) is 0 Å². The Labute approximate surface area is 79.7 Å². The Hall–Kier alpha value is -0.0951. The Balaban J connectivity index is 2.11. The highest BCUT2D eigenvalue weighted by atomic mass is 16.4. The van der Waals surface area contributed by atoms with Gasteiger partial charge in [-0.05, 0) is 38.2 Å². The first-order valence-electron chi connectivity index (χ1n) is 5.02. The highest BCUT2D eigenvalue weighted by Gasteiger charge is 2.21. The van der Waals surface area contributed by atoms with E-state index in [0.29, 0.717) is 12.2 Å². The molecule has 0 unspecified atom stereocenters. The van der Waals surface area contributed by atoms with Crippen molar-refractivity contribution in [3.63, 3.8) is 0 Å². The fraction of sp³-hybridized carbons (Fsp3) is 1.00. The first-order chi connectivity index (χ1) is 6.20. The smallest absolute Gasteiger partial charge is 0.427 e. The van der Waals surface area contributed by atoms with Crippen molar-refractivity contribution >= 4 is 7.12 Å². The molecule has 0 aliphatic carbocycles. The molecule has 1 rings (SSSR count). The molecule has 0 aromatic heterocycles. The number of rotatable bonds is 4. The van der Waals surface area contributed by atoms with E-state index in [1.165, 1.54) is 0 Å². The molecule has 1 fully saturated rings. The van der Waals surface area contributed by atoms with Crippen LogP contribution in [0.4, 0.5) is 0 Å². The monoisotopic (exact) mass is 186 g/mol. The van der Waals surface area contributed by atoms with E-state index in [9.17, 15) is 0 Å². The van der Waals surface area contributed by atoms with E-state index in [0.717, 1.165) is 32.4 Å². The molecule has 0 saturated carbocycles. The number of piperidine rings is 1. The molecule has 1 heterocycles. The first kappa shape index (κ1) is 11.0. The fourth-order valence-corrected chi connectivity index (χ4v) is 1.82. The third-order valence-corrected chi connectivity index (χ3v) is 2.70. The number of nitrogens with two attached hydrogens (primary N) is 1. The third-order valence-electron chi connectivity index (χ3n) is 2.70. The van der Waals surface area contributed by atoms with Crippen molar-refractivity contribution in [3.05, 3.63) is 0 Å². The molecule has 2 atom stereocenters. The largest absolute Gasteiger partial charge is 0.451 e. The van der Waals surface area contributed by atoms with Gasteiger partial charge in [-0.1, -0.05) is 6.42 Å². The summed E-state index contributed by atoms with van der Waals surface area (Å²) >= 11 is 0. The minimum Gasteiger partial charge on any atom is -0.427 e. The van der Waals surface area contributed by atoms with Gasteiger partial charge in [0.25, 0.3) is 0 Å². The van der Waals surface area contributed by atoms with E-state index in [2.05, 4.69) is 5.32 Å². The SMILES string of the molecule is N[C@H]1CCNC[C@@H]1CCCB(O)O. The summed E-state index contributed by atoms with van der Waals surface area (Å²) in [5.41, 5.74) is 5.93. The van der Waals surface area contributed by atoms with Gasteiger partial charge in [0.15, 0.2) is 0 Å². The molecule has 0 aromatic rings. The topological polar surface area (TPSA) is 78.5 Å². The van der Waals surface area contributed by atoms with Gasteiger partial charge in [-0.2, -0.15) is 0 Å². The van der Waals surface area contributed by atoms with Crippen LogP contribution in [0.1, 0.15) is 19.3 Å². The molecule has 13 heavy (non-hydrogen) atoms. The molecule has 5 N–H and O–H groups in total. The van der Waals surface area contributed by atoms with E-state index in [4.69, 9.17) is 15.8 Å². The number of hydrogen-bond donors (Lipinski definition) is 4. The lowest BCUT2D eigenvalue weighted by molar-refractivity contribution is 0.304. The second-order valence-electron chi connectivity index (χ2n) is 3.83. The molecule has 0 radical (unpaired) electrons. The molecular formula is C8H19BN2O2. The minimum atomic E-state index is -1.16. The summed E-state index contributed by atoms with van der Waals surface area (Å²) in [6.45, 7) is 1.99. The third kappa shape index (κ3) is 4.09. The fourth-order valence-electron chi connectivity index (χ4n) is 1.82. The lowest BCUT2D eigenvalue weighted by Gasteiger charge is -2.29. The van der Waals surface area contributed by atoms with Gasteiger partial charge < -0.3 is 21.1 Å². The summed E-state index contributed by atoms with van der Waals surface area (Å²) < 4.78 is 0. The highest BCUT2D eigenvalue weighted by Crippen LogP contribution is 2.16. The standard InChI is InChI=1S/C8H19BN2O2/c10-8-3-5-11-6-7(8)2-1-4-9(12)13/h7-8,11-13H,1-6,10H2/t7-,8-/m0/s1. The zero-order valence-corrected chi connectivity index (χ0v) is 7.95. The molecular weight excluding hydrogens is 167 g/mol. The van der Waals surface area contributed by atoms with E-state index in [-0.39, 0.29) is 6.04 Å². The van der Waals surface area contributed by atoms with Crippen molar-refractivity contribution in [2.75, 3.05) is 13.1 Å². The Morgan fingerprint density at radius 3 is 2.85 bits per heavy atom. The van der Waals surface area contributed by atoms with Crippen molar-refractivity contribution in [2.24, 2.45) is 11.7 Å². The molecule has 1 aliphatic heterocycles. The molecule has 1 aliphatic rings. The van der Waals surface area contributed by atoms with Crippen LogP contribution in [0.2, 0.25) is 6.32 Å². The summed E-state index contributed by atoms with van der Waals surface area (Å²) in [7, 11) is -1.16. The molecule has 0 amide bonds. The van der Waals surface area contributed by atoms with Gasteiger partial charge in [0, 0.05) is 6.04 Å². The van der Waals surface area contributed by atoms with E-state index < -0.39 is 7.12 Å². The molecule has 4 nitrogen and oxygen atoms in total. The van der Waals surface area contributed by atoms with Gasteiger partial charge >= 0.3 is 7.12 Å². The molecule has 0 aromatic carbocycles. The zero-order valence-electron chi connectivity index (χ0n) is 7.95. The van der Waals surface area contributed by atoms with Crippen LogP contribution in [0.25, 0.3) is 0 Å². The van der Waals surface area contributed by atoms with Crippen molar-refractivity contribution in [3.8, 4) is 0 Å². The Bertz CT molecular complexity index is 146. The van der Waals surface area contributed by atoms with E-state index >= 15 is 0 Å². The summed E-state index contributed by atoms with van der Waals surface area (Å²) in [5, 5.41) is 20.6. The predicted octanol–water partition coefficient (Wildman–Crippen LogP) is -0.824. The van der Waals surface area contributed by atoms with Crippen LogP contribution in [0.3, 0.4) is 0 Å². The van der Waals surface area contributed by atoms with Crippen molar-refractivity contribution in [1.82, 2.24) is 5.32 Å². The van der Waals surface area contributed by atoms with Gasteiger partial charge in [0.1, 0.15) is 0 Å². The maximum Gasteiger partial charge on any atom is 0.451 e. The van der Waals surface area contributed by atoms with Crippen LogP contribution in [0.15, 0.2) is 0 Å². The Kier molecular flexibility index (Phi) is 4.73. The van der Waals surface area contributed by atoms with Crippen LogP contribution < -0.4 is 11.1 Å². The number of hydrogen-bond acceptors (Lipinski definition) is 4. The minimum absolute atomic E-state index is 0.289. The van der Waals surface area contributed by atoms with Crippen LogP contribution in [0, 0.1) is 5.92 Å². The Morgan fingerprint density at radius 1 is 1.46 bits per heavy atom. The van der Waals surface area contributed by atoms with E-state index in [1.54, 1.807) is 0 Å². The Morgan fingerprint density at radius 2 is 2.23 bits per heavy atom. The summed E-state index contributed by atoms with van der Waals surface area (Å²) in [5.74, 6) is 0.507. The lowest BCUT2D eigenvalue weighted by atomic mass is 9.80. The predicted molar refractivity (Wildman–Crippen MR) is 53.2 cm³/mol. The van der Waals surface area contributed by atoms with Gasteiger partial charge in [0.05, 0.1) is 0 Å². The average molecular weight is 186 g/mol. The normalized spacial score (nSPS) is 28.8. The van der Waals surface area contributed by atoms with Crippen LogP contribution >= 0.6 is 0 Å². The van der Waals surface area contributed by atoms with E-state index in [1.807, 2.05) is 0 Å². The molecule has 0 bridgehead atoms. The van der Waals surface area contributed by atoms with Crippen molar-refractivity contribution < 1.29 is 10.0 Å². The maximum absolute atomic E-state index is 8.66. The molecule has 76 valence electrons. The maximum atomic E-state index is 8.66.